The lowest BCUT2D eigenvalue weighted by Gasteiger charge is -2.19. The molecule has 0 aliphatic carbocycles. The van der Waals surface area contributed by atoms with Crippen LogP contribution in [0.2, 0.25) is 0 Å². The highest BCUT2D eigenvalue weighted by Gasteiger charge is 2.23. The van der Waals surface area contributed by atoms with Crippen molar-refractivity contribution in [2.45, 2.75) is 45.1 Å². The smallest absolute Gasteiger partial charge is 0.176 e. The molecular weight excluding hydrogens is 430 g/mol. The zero-order valence-electron chi connectivity index (χ0n) is 19.8. The van der Waals surface area contributed by atoms with Gasteiger partial charge in [-0.25, -0.2) is 9.50 Å². The molecule has 33 heavy (non-hydrogen) atoms. The molecule has 2 heterocycles. The third-order valence-corrected chi connectivity index (χ3v) is 6.39. The van der Waals surface area contributed by atoms with E-state index in [1.807, 2.05) is 60.8 Å². The normalized spacial score (nSPS) is 11.7. The Labute approximate surface area is 199 Å². The van der Waals surface area contributed by atoms with Crippen LogP contribution in [0.1, 0.15) is 49.4 Å². The van der Waals surface area contributed by atoms with E-state index in [1.165, 1.54) is 11.8 Å². The van der Waals surface area contributed by atoms with Gasteiger partial charge in [0.1, 0.15) is 10.8 Å². The Morgan fingerprint density at radius 2 is 1.76 bits per heavy atom. The Morgan fingerprint density at radius 1 is 1.06 bits per heavy atom. The first-order valence-corrected chi connectivity index (χ1v) is 12.1. The Hall–Kier alpha value is -3.12. The lowest BCUT2D eigenvalue weighted by Crippen LogP contribution is -2.15. The minimum Gasteiger partial charge on any atom is -0.493 e. The summed E-state index contributed by atoms with van der Waals surface area (Å²) in [7, 11) is 0. The van der Waals surface area contributed by atoms with Crippen molar-refractivity contribution in [2.24, 2.45) is 0 Å². The molecule has 0 bridgehead atoms. The number of para-hydroxylation sites is 1. The summed E-state index contributed by atoms with van der Waals surface area (Å²) in [6.07, 6.45) is 0. The van der Waals surface area contributed by atoms with Gasteiger partial charge in [-0.2, -0.15) is 5.10 Å². The van der Waals surface area contributed by atoms with Crippen LogP contribution in [-0.4, -0.2) is 32.7 Å². The van der Waals surface area contributed by atoms with E-state index in [2.05, 4.69) is 39.0 Å². The summed E-state index contributed by atoms with van der Waals surface area (Å²) in [6, 6.07) is 19.7. The topological polar surface area (TPSA) is 56.5 Å². The van der Waals surface area contributed by atoms with Gasteiger partial charge in [0.15, 0.2) is 11.4 Å². The zero-order chi connectivity index (χ0) is 23.6. The van der Waals surface area contributed by atoms with Crippen LogP contribution in [0.4, 0.5) is 0 Å². The van der Waals surface area contributed by atoms with Crippen molar-refractivity contribution >= 4 is 23.2 Å². The van der Waals surface area contributed by atoms with Crippen LogP contribution in [0, 0.1) is 6.92 Å². The third-order valence-electron chi connectivity index (χ3n) is 5.40. The second-order valence-corrected chi connectivity index (χ2v) is 9.93. The maximum Gasteiger partial charge on any atom is 0.176 e. The van der Waals surface area contributed by atoms with Crippen LogP contribution >= 0.6 is 11.8 Å². The lowest BCUT2D eigenvalue weighted by atomic mass is 9.92. The number of ether oxygens (including phenoxy) is 1. The van der Waals surface area contributed by atoms with Crippen LogP contribution in [-0.2, 0) is 5.41 Å². The van der Waals surface area contributed by atoms with Gasteiger partial charge < -0.3 is 4.74 Å². The first kappa shape index (κ1) is 23.1. The maximum absolute atomic E-state index is 13.1. The number of thioether (sulfide) groups is 1. The highest BCUT2D eigenvalue weighted by atomic mass is 32.2. The molecule has 0 radical (unpaired) electrons. The van der Waals surface area contributed by atoms with E-state index in [9.17, 15) is 4.79 Å². The Bertz CT molecular complexity index is 1290. The number of aryl methyl sites for hydroxylation is 1. The molecule has 170 valence electrons. The molecule has 0 N–H and O–H groups in total. The summed E-state index contributed by atoms with van der Waals surface area (Å²) in [5.74, 6) is 0.937. The van der Waals surface area contributed by atoms with Crippen LogP contribution in [0.15, 0.2) is 65.7 Å². The summed E-state index contributed by atoms with van der Waals surface area (Å²) in [6.45, 7) is 10.9. The molecule has 0 saturated heterocycles. The first-order chi connectivity index (χ1) is 15.8. The second-order valence-electron chi connectivity index (χ2n) is 8.93. The van der Waals surface area contributed by atoms with Crippen molar-refractivity contribution in [2.75, 3.05) is 12.4 Å². The van der Waals surface area contributed by atoms with E-state index >= 15 is 0 Å². The molecule has 2 aromatic heterocycles. The van der Waals surface area contributed by atoms with Gasteiger partial charge in [0, 0.05) is 11.0 Å². The Kier molecular flexibility index (Phi) is 6.56. The zero-order valence-corrected chi connectivity index (χ0v) is 20.6. The van der Waals surface area contributed by atoms with E-state index in [0.717, 1.165) is 33.2 Å². The number of carbonyl (C=O) groups is 1. The van der Waals surface area contributed by atoms with Crippen molar-refractivity contribution in [3.05, 3.63) is 77.6 Å². The fourth-order valence-electron chi connectivity index (χ4n) is 3.72. The summed E-state index contributed by atoms with van der Waals surface area (Å²) < 4.78 is 7.53. The number of aromatic nitrogens is 3. The number of ketones is 1. The fraction of sp³-hybridized carbons (Fsp3) is 0.296. The number of hydrogen-bond donors (Lipinski definition) is 0. The van der Waals surface area contributed by atoms with E-state index in [0.29, 0.717) is 17.9 Å². The van der Waals surface area contributed by atoms with E-state index in [4.69, 9.17) is 14.8 Å². The third kappa shape index (κ3) is 4.81. The molecule has 4 rings (SSSR count). The van der Waals surface area contributed by atoms with Crippen LogP contribution in [0.25, 0.3) is 16.8 Å². The summed E-state index contributed by atoms with van der Waals surface area (Å²) in [5.41, 5.74) is 5.27. The number of nitrogens with zero attached hydrogens (tertiary/aromatic N) is 3. The minimum absolute atomic E-state index is 0.0264. The van der Waals surface area contributed by atoms with Crippen molar-refractivity contribution in [3.63, 3.8) is 0 Å². The lowest BCUT2D eigenvalue weighted by molar-refractivity contribution is 0.101. The highest BCUT2D eigenvalue weighted by molar-refractivity contribution is 7.99. The molecule has 5 nitrogen and oxygen atoms in total. The van der Waals surface area contributed by atoms with Crippen molar-refractivity contribution in [3.8, 4) is 16.9 Å². The van der Waals surface area contributed by atoms with E-state index in [-0.39, 0.29) is 17.0 Å². The van der Waals surface area contributed by atoms with Gasteiger partial charge in [-0.15, -0.1) is 0 Å². The molecule has 0 aliphatic heterocycles. The molecule has 0 fully saturated rings. The molecule has 0 aliphatic rings. The van der Waals surface area contributed by atoms with Gasteiger partial charge in [-0.05, 0) is 37.6 Å². The average molecular weight is 460 g/mol. The maximum atomic E-state index is 13.1. The number of carbonyl (C=O) groups excluding carboxylic acids is 1. The Balaban J connectivity index is 1.75. The number of rotatable bonds is 7. The van der Waals surface area contributed by atoms with Crippen LogP contribution in [0.3, 0.4) is 0 Å². The molecule has 4 aromatic rings. The van der Waals surface area contributed by atoms with Gasteiger partial charge in [-0.3, -0.25) is 4.79 Å². The van der Waals surface area contributed by atoms with Crippen molar-refractivity contribution in [1.29, 1.82) is 0 Å². The van der Waals surface area contributed by atoms with Gasteiger partial charge >= 0.3 is 0 Å². The van der Waals surface area contributed by atoms with Crippen LogP contribution in [0.5, 0.6) is 5.75 Å². The monoisotopic (exact) mass is 459 g/mol. The van der Waals surface area contributed by atoms with Crippen molar-refractivity contribution < 1.29 is 9.53 Å². The largest absolute Gasteiger partial charge is 0.493 e. The fourth-order valence-corrected chi connectivity index (χ4v) is 4.60. The summed E-state index contributed by atoms with van der Waals surface area (Å²) >= 11 is 1.48. The molecular formula is C27H29N3O2S. The highest BCUT2D eigenvalue weighted by Crippen LogP contribution is 2.33. The molecule has 0 amide bonds. The molecule has 0 saturated carbocycles. The van der Waals surface area contributed by atoms with Gasteiger partial charge in [-0.1, -0.05) is 75.0 Å². The SMILES string of the molecule is CCOc1ccccc1C(=O)CSc1cc(C(C)(C)C)nc2c(-c3ccccc3)c(C)nn12. The van der Waals surface area contributed by atoms with Gasteiger partial charge in [0.25, 0.3) is 0 Å². The number of fused-ring (bicyclic) bond motifs is 1. The average Bonchev–Trinajstić information content (AvgIpc) is 3.13. The van der Waals surface area contributed by atoms with E-state index < -0.39 is 0 Å². The minimum atomic E-state index is -0.144. The summed E-state index contributed by atoms with van der Waals surface area (Å²) in [5, 5.41) is 5.71. The quantitative estimate of drug-likeness (QED) is 0.182. The second kappa shape index (κ2) is 9.40. The molecule has 0 unspecified atom stereocenters. The summed E-state index contributed by atoms with van der Waals surface area (Å²) in [4.78, 5) is 18.1. The van der Waals surface area contributed by atoms with E-state index in [1.54, 1.807) is 0 Å². The number of benzene rings is 2. The first-order valence-electron chi connectivity index (χ1n) is 11.1. The molecule has 6 heteroatoms. The predicted octanol–water partition coefficient (Wildman–Crippen LogP) is 6.38. The molecule has 0 spiro atoms. The van der Waals surface area contributed by atoms with Crippen molar-refractivity contribution in [1.82, 2.24) is 14.6 Å². The van der Waals surface area contributed by atoms with Gasteiger partial charge in [0.2, 0.25) is 0 Å². The standard InChI is InChI=1S/C27H29N3O2S/c1-6-32-22-15-11-10-14-20(22)21(31)17-33-24-16-23(27(3,4)5)28-26-25(18(2)29-30(24)26)19-12-8-7-9-13-19/h7-16H,6,17H2,1-5H3. The Morgan fingerprint density at radius 3 is 2.45 bits per heavy atom. The number of hydrogen-bond acceptors (Lipinski definition) is 5. The molecule has 2 aromatic carbocycles. The molecule has 0 atom stereocenters. The predicted molar refractivity (Wildman–Crippen MR) is 135 cm³/mol. The van der Waals surface area contributed by atoms with Crippen LogP contribution < -0.4 is 4.74 Å². The number of Topliss-reactive ketones (excluding diaryl/α,β-unsaturated/α-hetero) is 1. The van der Waals surface area contributed by atoms with Gasteiger partial charge in [0.05, 0.1) is 29.3 Å².